The highest BCUT2D eigenvalue weighted by Crippen LogP contribution is 2.33. The molecule has 0 unspecified atom stereocenters. The summed E-state index contributed by atoms with van der Waals surface area (Å²) in [5.74, 6) is -0.224. The van der Waals surface area contributed by atoms with Crippen LogP contribution in [0.3, 0.4) is 0 Å². The summed E-state index contributed by atoms with van der Waals surface area (Å²) in [6, 6.07) is 39.7. The first-order valence-corrected chi connectivity index (χ1v) is 22.1. The number of hydrogen-bond acceptors (Lipinski definition) is 13. The van der Waals surface area contributed by atoms with Crippen LogP contribution in [0.2, 0.25) is 15.1 Å². The second-order valence-corrected chi connectivity index (χ2v) is 16.7. The van der Waals surface area contributed by atoms with Crippen molar-refractivity contribution in [1.82, 2.24) is 40.8 Å². The number of hydrazine groups is 1. The van der Waals surface area contributed by atoms with Gasteiger partial charge in [0.25, 0.3) is 17.9 Å². The molecule has 9 aromatic rings. The second-order valence-electron chi connectivity index (χ2n) is 15.3. The number of hydrogen-bond donors (Lipinski definition) is 8. The molecule has 0 saturated carbocycles. The normalized spacial score (nSPS) is 11.3. The van der Waals surface area contributed by atoms with E-state index in [1.54, 1.807) is 47.3 Å². The van der Waals surface area contributed by atoms with Gasteiger partial charge in [0.2, 0.25) is 17.9 Å². The highest BCUT2D eigenvalue weighted by atomic mass is 35.5. The van der Waals surface area contributed by atoms with E-state index in [2.05, 4.69) is 50.4 Å². The number of nitrogens with zero attached hydrogens (tertiary/aromatic N) is 10. The van der Waals surface area contributed by atoms with Crippen molar-refractivity contribution in [2.45, 2.75) is 20.8 Å². The topological polar surface area (TPSA) is 318 Å². The summed E-state index contributed by atoms with van der Waals surface area (Å²) in [6.07, 6.45) is 0. The van der Waals surface area contributed by atoms with Gasteiger partial charge in [-0.05, 0) is 75.4 Å². The number of nitrogens with one attached hydrogen (secondary N) is 3. The first-order chi connectivity index (χ1) is 34.0. The van der Waals surface area contributed by atoms with Crippen LogP contribution in [-0.4, -0.2) is 58.0 Å². The van der Waals surface area contributed by atoms with Gasteiger partial charge in [-0.1, -0.05) is 130 Å². The monoisotopic (exact) mass is 1010 g/mol. The largest absolute Gasteiger partial charge is 0.369 e. The van der Waals surface area contributed by atoms with Crippen LogP contribution in [0, 0.1) is 30.9 Å². The molecular weight excluding hydrogens is 969 g/mol. The molecule has 3 heterocycles. The lowest BCUT2D eigenvalue weighted by atomic mass is 10.1. The van der Waals surface area contributed by atoms with Crippen LogP contribution in [0.1, 0.15) is 16.7 Å². The van der Waals surface area contributed by atoms with Gasteiger partial charge < -0.3 is 22.9 Å². The molecule has 9 rings (SSSR count). The fourth-order valence-corrected chi connectivity index (χ4v) is 7.21. The van der Waals surface area contributed by atoms with Crippen molar-refractivity contribution in [3.8, 4) is 33.8 Å². The van der Waals surface area contributed by atoms with Crippen molar-refractivity contribution in [2.75, 3.05) is 5.43 Å². The van der Waals surface area contributed by atoms with Crippen molar-refractivity contribution in [3.05, 3.63) is 169 Å². The minimum absolute atomic E-state index is 0.0113. The highest BCUT2D eigenvalue weighted by molar-refractivity contribution is 6.32. The van der Waals surface area contributed by atoms with Gasteiger partial charge in [-0.15, -0.1) is 5.10 Å². The number of nitrogens with two attached hydrogens (primary N) is 4. The molecule has 0 aliphatic carbocycles. The Labute approximate surface area is 419 Å². The van der Waals surface area contributed by atoms with Gasteiger partial charge in [-0.2, -0.15) is 9.98 Å². The Bertz CT molecular complexity index is 3500. The van der Waals surface area contributed by atoms with E-state index in [0.29, 0.717) is 43.4 Å². The number of nitro groups is 1. The zero-order valence-electron chi connectivity index (χ0n) is 37.8. The van der Waals surface area contributed by atoms with Crippen LogP contribution in [0.5, 0.6) is 0 Å². The van der Waals surface area contributed by atoms with E-state index in [1.165, 1.54) is 5.56 Å². The molecule has 0 radical (unpaired) electrons. The molecule has 3 aromatic heterocycles. The summed E-state index contributed by atoms with van der Waals surface area (Å²) < 4.78 is 0. The first kappa shape index (κ1) is 50.1. The Morgan fingerprint density at radius 2 is 0.901 bits per heavy atom. The number of anilines is 1. The van der Waals surface area contributed by atoms with Gasteiger partial charge >= 0.3 is 0 Å². The maximum Gasteiger partial charge on any atom is 0.259 e. The van der Waals surface area contributed by atoms with Gasteiger partial charge in [0.05, 0.1) is 33.6 Å². The standard InChI is InChI=1S/C16H13ClN6O2.C16H15ClN6.C16H14ClN5O/c1-9-2-4-10(5-3-9)14-12-8-11(17)6-7-13(12)19-16(20-14)21-15(18)22-23(24)25;1-9-2-4-10(5-3-9)14-12-8-11(17)6-7-13(12)20-16(21-14)23-22-15(18)19;1-9-2-4-10(5-3-9)14-12-8-11(17)6-7-13(12)19-16(20-14)21-15(18)22-23/h2-8H,1H3,(H3,18,19,20,21,22);2-8H,1H3,(H4,18,19,22)(H,20,21,23);2-8,23H,1H3,(H3,18,19,20,21,22). The number of aliphatic imine (C=N–C) groups is 2. The van der Waals surface area contributed by atoms with Gasteiger partial charge in [0.15, 0.2) is 5.03 Å². The summed E-state index contributed by atoms with van der Waals surface area (Å²) in [5.41, 5.74) is 38.0. The number of hydroxylamine groups is 1. The Kier molecular flexibility index (Phi) is 15.9. The number of aromatic nitrogens is 6. The number of aryl methyl sites for hydroxylation is 3. The van der Waals surface area contributed by atoms with Gasteiger partial charge in [-0.3, -0.25) is 5.21 Å². The molecule has 0 aliphatic heterocycles. The Hall–Kier alpha value is -8.82. The summed E-state index contributed by atoms with van der Waals surface area (Å²) in [4.78, 5) is 44.6. The molecule has 0 amide bonds. The van der Waals surface area contributed by atoms with Crippen LogP contribution >= 0.6 is 34.8 Å². The SMILES string of the molecule is Cc1ccc(-c2nc(N=C(N)NO)nc3ccc(Cl)cc23)cc1.Cc1ccc(-c2nc(N=C(N)N[N+](=O)[O-])nc3ccc(Cl)cc23)cc1.Cc1ccc(-c2nc(NN=C(N)N)nc3ccc(Cl)cc23)cc1. The van der Waals surface area contributed by atoms with Crippen molar-refractivity contribution in [2.24, 2.45) is 38.0 Å². The van der Waals surface area contributed by atoms with Crippen LogP contribution in [0.15, 0.2) is 142 Å². The predicted octanol–water partition coefficient (Wildman–Crippen LogP) is 9.03. The maximum absolute atomic E-state index is 10.4. The zero-order chi connectivity index (χ0) is 50.8. The van der Waals surface area contributed by atoms with Crippen LogP contribution in [0.4, 0.5) is 17.8 Å². The third-order valence-corrected chi connectivity index (χ3v) is 10.7. The third-order valence-electron chi connectivity index (χ3n) is 9.97. The first-order valence-electron chi connectivity index (χ1n) is 21.0. The summed E-state index contributed by atoms with van der Waals surface area (Å²) in [7, 11) is 0. The fraction of sp³-hybridized carbons (Fsp3) is 0.0625. The lowest BCUT2D eigenvalue weighted by molar-refractivity contribution is -0.525. The number of hydrazone groups is 1. The average molecular weight is 1010 g/mol. The van der Waals surface area contributed by atoms with E-state index < -0.39 is 11.0 Å². The second kappa shape index (κ2) is 22.5. The summed E-state index contributed by atoms with van der Waals surface area (Å²) in [6.45, 7) is 6.03. The molecule has 0 spiro atoms. The Balaban J connectivity index is 0.000000157. The highest BCUT2D eigenvalue weighted by Gasteiger charge is 2.14. The van der Waals surface area contributed by atoms with Gasteiger partial charge in [0, 0.05) is 47.9 Å². The fourth-order valence-electron chi connectivity index (χ4n) is 6.70. The van der Waals surface area contributed by atoms with Crippen molar-refractivity contribution >= 4 is 103 Å². The van der Waals surface area contributed by atoms with E-state index in [-0.39, 0.29) is 23.8 Å². The average Bonchev–Trinajstić information content (AvgIpc) is 3.34. The zero-order valence-corrected chi connectivity index (χ0v) is 40.1. The molecule has 20 nitrogen and oxygen atoms in total. The smallest absolute Gasteiger partial charge is 0.259 e. The molecule has 0 aliphatic rings. The van der Waals surface area contributed by atoms with E-state index in [0.717, 1.165) is 55.2 Å². The molecule has 12 N–H and O–H groups in total. The minimum Gasteiger partial charge on any atom is -0.369 e. The molecular formula is C48H42Cl3N17O3. The lowest BCUT2D eigenvalue weighted by Gasteiger charge is -2.09. The van der Waals surface area contributed by atoms with Crippen LogP contribution < -0.4 is 39.3 Å². The number of fused-ring (bicyclic) bond motifs is 3. The van der Waals surface area contributed by atoms with Gasteiger partial charge in [0.1, 0.15) is 0 Å². The van der Waals surface area contributed by atoms with E-state index >= 15 is 0 Å². The quantitative estimate of drug-likeness (QED) is 0.0304. The molecule has 23 heteroatoms. The minimum atomic E-state index is -0.805. The molecule has 71 heavy (non-hydrogen) atoms. The van der Waals surface area contributed by atoms with Crippen molar-refractivity contribution < 1.29 is 10.2 Å². The van der Waals surface area contributed by atoms with Crippen molar-refractivity contribution in [3.63, 3.8) is 0 Å². The Morgan fingerprint density at radius 3 is 1.27 bits per heavy atom. The Morgan fingerprint density at radius 1 is 0.535 bits per heavy atom. The molecule has 0 saturated heterocycles. The number of halogens is 3. The third kappa shape index (κ3) is 13.2. The molecule has 6 aromatic carbocycles. The number of guanidine groups is 3. The molecule has 0 bridgehead atoms. The van der Waals surface area contributed by atoms with Crippen LogP contribution in [0.25, 0.3) is 66.5 Å². The maximum atomic E-state index is 10.4. The van der Waals surface area contributed by atoms with Gasteiger partial charge in [-0.25, -0.2) is 50.9 Å². The lowest BCUT2D eigenvalue weighted by Crippen LogP contribution is -2.35. The molecule has 0 fully saturated rings. The van der Waals surface area contributed by atoms with Crippen molar-refractivity contribution in [1.29, 1.82) is 0 Å². The summed E-state index contributed by atoms with van der Waals surface area (Å²) in [5, 5.41) is 26.4. The number of rotatable bonds is 8. The van der Waals surface area contributed by atoms with Crippen LogP contribution in [-0.2, 0) is 0 Å². The molecule has 358 valence electrons. The molecule has 0 atom stereocenters. The van der Waals surface area contributed by atoms with E-state index in [4.69, 9.17) is 62.9 Å². The van der Waals surface area contributed by atoms with E-state index in [9.17, 15) is 10.1 Å². The summed E-state index contributed by atoms with van der Waals surface area (Å²) >= 11 is 18.3. The number of benzene rings is 6. The predicted molar refractivity (Wildman–Crippen MR) is 281 cm³/mol. The van der Waals surface area contributed by atoms with E-state index in [1.807, 2.05) is 112 Å².